The third-order valence-electron chi connectivity index (χ3n) is 2.37. The Morgan fingerprint density at radius 2 is 1.94 bits per heavy atom. The Kier molecular flexibility index (Phi) is 3.98. The number of aromatic nitrogens is 1. The Balaban J connectivity index is 1.90. The van der Waals surface area contributed by atoms with E-state index < -0.39 is 0 Å². The largest absolute Gasteiger partial charge is 0.398 e. The Labute approximate surface area is 104 Å². The molecule has 2 rings (SSSR count). The van der Waals surface area contributed by atoms with Gasteiger partial charge in [0.2, 0.25) is 0 Å². The van der Waals surface area contributed by atoms with Gasteiger partial charge in [0.25, 0.3) is 0 Å². The second-order valence-electron chi connectivity index (χ2n) is 3.64. The van der Waals surface area contributed by atoms with E-state index in [-0.39, 0.29) is 5.82 Å². The summed E-state index contributed by atoms with van der Waals surface area (Å²) in [7, 11) is 0. The third-order valence-corrected chi connectivity index (χ3v) is 3.46. The van der Waals surface area contributed by atoms with Crippen LogP contribution in [0.15, 0.2) is 47.6 Å². The maximum Gasteiger partial charge on any atom is 0.125 e. The minimum absolute atomic E-state index is 0.291. The molecule has 2 aromatic rings. The van der Waals surface area contributed by atoms with Gasteiger partial charge in [-0.25, -0.2) is 4.39 Å². The monoisotopic (exact) mass is 248 g/mol. The maximum atomic E-state index is 12.8. The number of benzene rings is 1. The second kappa shape index (κ2) is 5.68. The molecule has 0 spiro atoms. The number of hydrogen-bond acceptors (Lipinski definition) is 3. The van der Waals surface area contributed by atoms with E-state index in [1.807, 2.05) is 12.1 Å². The fourth-order valence-electron chi connectivity index (χ4n) is 1.48. The van der Waals surface area contributed by atoms with Gasteiger partial charge in [0.15, 0.2) is 0 Å². The van der Waals surface area contributed by atoms with Gasteiger partial charge in [0.1, 0.15) is 5.82 Å². The van der Waals surface area contributed by atoms with Crippen molar-refractivity contribution < 1.29 is 4.39 Å². The summed E-state index contributed by atoms with van der Waals surface area (Å²) in [5.74, 6) is 0.626. The zero-order chi connectivity index (χ0) is 12.1. The molecule has 1 aromatic carbocycles. The molecule has 0 atom stereocenters. The quantitative estimate of drug-likeness (QED) is 0.667. The minimum Gasteiger partial charge on any atom is -0.398 e. The van der Waals surface area contributed by atoms with E-state index in [1.165, 1.54) is 17.7 Å². The van der Waals surface area contributed by atoms with Gasteiger partial charge in [-0.1, -0.05) is 0 Å². The maximum absolute atomic E-state index is 12.8. The number of pyridine rings is 1. The van der Waals surface area contributed by atoms with Crippen LogP contribution in [-0.4, -0.2) is 10.7 Å². The van der Waals surface area contributed by atoms with Gasteiger partial charge in [0, 0.05) is 28.7 Å². The van der Waals surface area contributed by atoms with Gasteiger partial charge in [-0.15, -0.1) is 11.8 Å². The summed E-state index contributed by atoms with van der Waals surface area (Å²) in [6, 6.07) is 8.50. The fourth-order valence-corrected chi connectivity index (χ4v) is 2.43. The lowest BCUT2D eigenvalue weighted by atomic mass is 10.2. The molecule has 0 bridgehead atoms. The molecule has 0 saturated carbocycles. The number of halogens is 1. The summed E-state index contributed by atoms with van der Waals surface area (Å²) in [6.07, 6.45) is 4.52. The lowest BCUT2D eigenvalue weighted by Crippen LogP contribution is -1.93. The second-order valence-corrected chi connectivity index (χ2v) is 4.77. The molecule has 2 nitrogen and oxygen atoms in total. The normalized spacial score (nSPS) is 10.4. The number of nitrogen functional groups attached to an aromatic ring is 1. The van der Waals surface area contributed by atoms with Crippen molar-refractivity contribution in [1.82, 2.24) is 4.98 Å². The molecule has 1 aromatic heterocycles. The molecule has 1 heterocycles. The summed E-state index contributed by atoms with van der Waals surface area (Å²) < 4.78 is 12.8. The van der Waals surface area contributed by atoms with Crippen LogP contribution in [0, 0.1) is 5.82 Å². The molecule has 0 amide bonds. The SMILES string of the molecule is Nc1cc(F)ccc1SCCc1ccncc1. The molecule has 4 heteroatoms. The Morgan fingerprint density at radius 1 is 1.18 bits per heavy atom. The first kappa shape index (κ1) is 11.9. The summed E-state index contributed by atoms with van der Waals surface area (Å²) >= 11 is 1.64. The predicted molar refractivity (Wildman–Crippen MR) is 69.5 cm³/mol. The van der Waals surface area contributed by atoms with Crippen molar-refractivity contribution in [2.45, 2.75) is 11.3 Å². The lowest BCUT2D eigenvalue weighted by molar-refractivity contribution is 0.627. The zero-order valence-electron chi connectivity index (χ0n) is 9.27. The summed E-state index contributed by atoms with van der Waals surface area (Å²) in [5, 5.41) is 0. The Hall–Kier alpha value is -1.55. The number of thioether (sulfide) groups is 1. The predicted octanol–water partition coefficient (Wildman–Crippen LogP) is 3.14. The number of aryl methyl sites for hydroxylation is 1. The van der Waals surface area contributed by atoms with Crippen molar-refractivity contribution in [1.29, 1.82) is 0 Å². The lowest BCUT2D eigenvalue weighted by Gasteiger charge is -2.05. The van der Waals surface area contributed by atoms with Gasteiger partial charge in [-0.05, 0) is 42.3 Å². The van der Waals surface area contributed by atoms with Gasteiger partial charge in [0.05, 0.1) is 0 Å². The van der Waals surface area contributed by atoms with Crippen LogP contribution in [0.5, 0.6) is 0 Å². The molecule has 0 radical (unpaired) electrons. The van der Waals surface area contributed by atoms with Crippen LogP contribution in [0.1, 0.15) is 5.56 Å². The number of hydrogen-bond donors (Lipinski definition) is 1. The smallest absolute Gasteiger partial charge is 0.125 e. The van der Waals surface area contributed by atoms with Crippen molar-refractivity contribution in [2.75, 3.05) is 11.5 Å². The highest BCUT2D eigenvalue weighted by Crippen LogP contribution is 2.26. The first-order chi connectivity index (χ1) is 8.25. The molecule has 0 aliphatic carbocycles. The molecule has 17 heavy (non-hydrogen) atoms. The van der Waals surface area contributed by atoms with Crippen LogP contribution in [0.25, 0.3) is 0 Å². The molecule has 0 fully saturated rings. The Bertz CT molecular complexity index is 488. The van der Waals surface area contributed by atoms with Crippen LogP contribution < -0.4 is 5.73 Å². The highest BCUT2D eigenvalue weighted by Gasteiger charge is 2.01. The van der Waals surface area contributed by atoms with E-state index in [2.05, 4.69) is 4.98 Å². The standard InChI is InChI=1S/C13H13FN2S/c14-11-1-2-13(12(15)9-11)17-8-5-10-3-6-16-7-4-10/h1-4,6-7,9H,5,8,15H2. The molecular formula is C13H13FN2S. The number of rotatable bonds is 4. The van der Waals surface area contributed by atoms with Gasteiger partial charge < -0.3 is 5.73 Å². The van der Waals surface area contributed by atoms with E-state index in [9.17, 15) is 4.39 Å². The van der Waals surface area contributed by atoms with E-state index in [0.717, 1.165) is 17.1 Å². The average molecular weight is 248 g/mol. The number of nitrogens with two attached hydrogens (primary N) is 1. The fraction of sp³-hybridized carbons (Fsp3) is 0.154. The van der Waals surface area contributed by atoms with E-state index in [1.54, 1.807) is 30.2 Å². The Morgan fingerprint density at radius 3 is 2.65 bits per heavy atom. The van der Waals surface area contributed by atoms with Gasteiger partial charge in [-0.3, -0.25) is 4.98 Å². The third kappa shape index (κ3) is 3.46. The van der Waals surface area contributed by atoms with E-state index in [4.69, 9.17) is 5.73 Å². The van der Waals surface area contributed by atoms with Crippen molar-refractivity contribution in [3.63, 3.8) is 0 Å². The van der Waals surface area contributed by atoms with Crippen LogP contribution in [0.2, 0.25) is 0 Å². The summed E-state index contributed by atoms with van der Waals surface area (Å²) in [4.78, 5) is 4.90. The average Bonchev–Trinajstić information content (AvgIpc) is 2.33. The van der Waals surface area contributed by atoms with Crippen LogP contribution >= 0.6 is 11.8 Å². The van der Waals surface area contributed by atoms with Crippen LogP contribution in [-0.2, 0) is 6.42 Å². The van der Waals surface area contributed by atoms with Crippen molar-refractivity contribution in [2.24, 2.45) is 0 Å². The van der Waals surface area contributed by atoms with Crippen LogP contribution in [0.3, 0.4) is 0 Å². The molecule has 0 saturated heterocycles. The van der Waals surface area contributed by atoms with Crippen molar-refractivity contribution >= 4 is 17.4 Å². The summed E-state index contributed by atoms with van der Waals surface area (Å²) in [6.45, 7) is 0. The van der Waals surface area contributed by atoms with Gasteiger partial charge >= 0.3 is 0 Å². The molecule has 0 aliphatic heterocycles. The molecule has 2 N–H and O–H groups in total. The molecular weight excluding hydrogens is 235 g/mol. The van der Waals surface area contributed by atoms with Crippen molar-refractivity contribution in [3.05, 3.63) is 54.1 Å². The number of nitrogens with zero attached hydrogens (tertiary/aromatic N) is 1. The minimum atomic E-state index is -0.291. The van der Waals surface area contributed by atoms with E-state index in [0.29, 0.717) is 5.69 Å². The molecule has 0 aliphatic rings. The molecule has 0 unspecified atom stereocenters. The number of anilines is 1. The highest BCUT2D eigenvalue weighted by molar-refractivity contribution is 7.99. The van der Waals surface area contributed by atoms with Crippen molar-refractivity contribution in [3.8, 4) is 0 Å². The first-order valence-corrected chi connectivity index (χ1v) is 6.31. The topological polar surface area (TPSA) is 38.9 Å². The highest BCUT2D eigenvalue weighted by atomic mass is 32.2. The van der Waals surface area contributed by atoms with Gasteiger partial charge in [-0.2, -0.15) is 0 Å². The summed E-state index contributed by atoms with van der Waals surface area (Å²) in [5.41, 5.74) is 7.48. The zero-order valence-corrected chi connectivity index (χ0v) is 10.1. The van der Waals surface area contributed by atoms with E-state index >= 15 is 0 Å². The molecule has 88 valence electrons. The first-order valence-electron chi connectivity index (χ1n) is 5.32. The van der Waals surface area contributed by atoms with Crippen LogP contribution in [0.4, 0.5) is 10.1 Å².